The second kappa shape index (κ2) is 6.13. The number of hydrogen-bond acceptors (Lipinski definition) is 3. The number of amides is 1. The molecule has 1 rings (SSSR count). The van der Waals surface area contributed by atoms with Gasteiger partial charge in [-0.05, 0) is 31.5 Å². The van der Waals surface area contributed by atoms with Gasteiger partial charge in [0.25, 0.3) is 0 Å². The molecule has 1 aromatic carbocycles. The highest BCUT2D eigenvalue weighted by Crippen LogP contribution is 2.22. The fourth-order valence-electron chi connectivity index (χ4n) is 1.32. The first-order chi connectivity index (χ1) is 9.14. The summed E-state index contributed by atoms with van der Waals surface area (Å²) in [5, 5.41) is 2.68. The van der Waals surface area contributed by atoms with Crippen molar-refractivity contribution in [3.05, 3.63) is 29.8 Å². The molecule has 0 saturated carbocycles. The van der Waals surface area contributed by atoms with Gasteiger partial charge in [-0.25, -0.2) is 0 Å². The SMILES string of the molecule is CC(C)(CN)C(=O)NCc1ccc(OC(F)(F)F)cc1. The molecule has 0 spiro atoms. The molecule has 1 aromatic rings. The van der Waals surface area contributed by atoms with Crippen molar-refractivity contribution in [2.24, 2.45) is 11.1 Å². The van der Waals surface area contributed by atoms with Crippen molar-refractivity contribution in [2.75, 3.05) is 6.54 Å². The number of carbonyl (C=O) groups excluding carboxylic acids is 1. The van der Waals surface area contributed by atoms with Crippen LogP contribution < -0.4 is 15.8 Å². The maximum atomic E-state index is 12.0. The van der Waals surface area contributed by atoms with E-state index in [9.17, 15) is 18.0 Å². The molecule has 0 saturated heterocycles. The van der Waals surface area contributed by atoms with Crippen molar-refractivity contribution in [3.63, 3.8) is 0 Å². The summed E-state index contributed by atoms with van der Waals surface area (Å²) >= 11 is 0. The molecule has 0 aliphatic heterocycles. The summed E-state index contributed by atoms with van der Waals surface area (Å²) in [4.78, 5) is 11.8. The second-order valence-corrected chi connectivity index (χ2v) is 4.96. The molecule has 112 valence electrons. The second-order valence-electron chi connectivity index (χ2n) is 4.96. The average Bonchev–Trinajstić information content (AvgIpc) is 2.35. The zero-order valence-electron chi connectivity index (χ0n) is 11.3. The molecule has 0 aliphatic rings. The minimum absolute atomic E-state index is 0.206. The van der Waals surface area contributed by atoms with Crippen LogP contribution in [0.2, 0.25) is 0 Å². The monoisotopic (exact) mass is 290 g/mol. The number of halogens is 3. The van der Waals surface area contributed by atoms with Crippen LogP contribution in [0.4, 0.5) is 13.2 Å². The van der Waals surface area contributed by atoms with Gasteiger partial charge in [0.15, 0.2) is 0 Å². The molecule has 0 aliphatic carbocycles. The third-order valence-electron chi connectivity index (χ3n) is 2.73. The first-order valence-corrected chi connectivity index (χ1v) is 5.97. The van der Waals surface area contributed by atoms with Crippen LogP contribution in [0.5, 0.6) is 5.75 Å². The van der Waals surface area contributed by atoms with Crippen LogP contribution in [0.1, 0.15) is 19.4 Å². The van der Waals surface area contributed by atoms with E-state index in [0.717, 1.165) is 0 Å². The lowest BCUT2D eigenvalue weighted by atomic mass is 9.92. The summed E-state index contributed by atoms with van der Waals surface area (Å²) in [6.07, 6.45) is -4.71. The van der Waals surface area contributed by atoms with E-state index in [1.807, 2.05) is 0 Å². The Balaban J connectivity index is 2.56. The van der Waals surface area contributed by atoms with Crippen molar-refractivity contribution in [3.8, 4) is 5.75 Å². The van der Waals surface area contributed by atoms with Gasteiger partial charge in [0.05, 0.1) is 5.41 Å². The first kappa shape index (κ1) is 16.3. The normalized spacial score (nSPS) is 12.1. The van der Waals surface area contributed by atoms with E-state index in [2.05, 4.69) is 10.1 Å². The number of rotatable bonds is 5. The lowest BCUT2D eigenvalue weighted by molar-refractivity contribution is -0.274. The summed E-state index contributed by atoms with van der Waals surface area (Å²) in [5.41, 5.74) is 5.46. The maximum Gasteiger partial charge on any atom is 0.573 e. The standard InChI is InChI=1S/C13H17F3N2O2/c1-12(2,8-17)11(19)18-7-9-3-5-10(6-4-9)20-13(14,15)16/h3-6H,7-8,17H2,1-2H3,(H,18,19). The minimum atomic E-state index is -4.71. The fourth-order valence-corrected chi connectivity index (χ4v) is 1.32. The predicted octanol–water partition coefficient (Wildman–Crippen LogP) is 2.19. The Morgan fingerprint density at radius 1 is 1.25 bits per heavy atom. The summed E-state index contributed by atoms with van der Waals surface area (Å²) in [6.45, 7) is 3.84. The van der Waals surface area contributed by atoms with Gasteiger partial charge in [-0.1, -0.05) is 12.1 Å². The zero-order chi connectivity index (χ0) is 15.4. The van der Waals surface area contributed by atoms with E-state index in [4.69, 9.17) is 5.73 Å². The molecule has 0 bridgehead atoms. The lowest BCUT2D eigenvalue weighted by Crippen LogP contribution is -2.41. The van der Waals surface area contributed by atoms with Crippen LogP contribution in [0.15, 0.2) is 24.3 Å². The largest absolute Gasteiger partial charge is 0.573 e. The Labute approximate surface area is 115 Å². The summed E-state index contributed by atoms with van der Waals surface area (Å²) < 4.78 is 39.7. The molecule has 20 heavy (non-hydrogen) atoms. The Hall–Kier alpha value is -1.76. The van der Waals surface area contributed by atoms with Gasteiger partial charge in [-0.15, -0.1) is 13.2 Å². The average molecular weight is 290 g/mol. The van der Waals surface area contributed by atoms with Crippen LogP contribution in [0.3, 0.4) is 0 Å². The Morgan fingerprint density at radius 2 is 1.80 bits per heavy atom. The number of hydrogen-bond donors (Lipinski definition) is 2. The van der Waals surface area contributed by atoms with E-state index < -0.39 is 11.8 Å². The van der Waals surface area contributed by atoms with Gasteiger partial charge >= 0.3 is 6.36 Å². The highest BCUT2D eigenvalue weighted by atomic mass is 19.4. The molecular formula is C13H17F3N2O2. The number of nitrogens with one attached hydrogen (secondary N) is 1. The third kappa shape index (κ3) is 5.08. The van der Waals surface area contributed by atoms with E-state index in [1.165, 1.54) is 24.3 Å². The fraction of sp³-hybridized carbons (Fsp3) is 0.462. The van der Waals surface area contributed by atoms with Crippen molar-refractivity contribution in [2.45, 2.75) is 26.8 Å². The van der Waals surface area contributed by atoms with Crippen LogP contribution in [0.25, 0.3) is 0 Å². The molecule has 7 heteroatoms. The van der Waals surface area contributed by atoms with Crippen LogP contribution in [0, 0.1) is 5.41 Å². The summed E-state index contributed by atoms with van der Waals surface area (Å²) in [5.74, 6) is -0.509. The van der Waals surface area contributed by atoms with E-state index in [1.54, 1.807) is 13.8 Å². The number of benzene rings is 1. The predicted molar refractivity (Wildman–Crippen MR) is 67.8 cm³/mol. The van der Waals surface area contributed by atoms with Crippen LogP contribution in [-0.4, -0.2) is 18.8 Å². The molecule has 0 atom stereocenters. The van der Waals surface area contributed by atoms with E-state index in [0.29, 0.717) is 5.56 Å². The molecule has 0 unspecified atom stereocenters. The third-order valence-corrected chi connectivity index (χ3v) is 2.73. The zero-order valence-corrected chi connectivity index (χ0v) is 11.3. The van der Waals surface area contributed by atoms with Crippen LogP contribution in [-0.2, 0) is 11.3 Å². The summed E-state index contributed by atoms with van der Waals surface area (Å²) in [7, 11) is 0. The number of alkyl halides is 3. The smallest absolute Gasteiger partial charge is 0.406 e. The highest BCUT2D eigenvalue weighted by molar-refractivity contribution is 5.81. The lowest BCUT2D eigenvalue weighted by Gasteiger charge is -2.21. The van der Waals surface area contributed by atoms with Crippen LogP contribution >= 0.6 is 0 Å². The minimum Gasteiger partial charge on any atom is -0.406 e. The number of carbonyl (C=O) groups is 1. The molecule has 0 fully saturated rings. The van der Waals surface area contributed by atoms with Crippen molar-refractivity contribution in [1.29, 1.82) is 0 Å². The quantitative estimate of drug-likeness (QED) is 0.873. The van der Waals surface area contributed by atoms with E-state index in [-0.39, 0.29) is 24.7 Å². The molecular weight excluding hydrogens is 273 g/mol. The van der Waals surface area contributed by atoms with Gasteiger partial charge in [-0.2, -0.15) is 0 Å². The Kier molecular flexibility index (Phi) is 4.99. The molecule has 1 amide bonds. The summed E-state index contributed by atoms with van der Waals surface area (Å²) in [6, 6.07) is 5.31. The van der Waals surface area contributed by atoms with Gasteiger partial charge in [0.1, 0.15) is 5.75 Å². The molecule has 4 nitrogen and oxygen atoms in total. The molecule has 0 heterocycles. The van der Waals surface area contributed by atoms with Crippen molar-refractivity contribution in [1.82, 2.24) is 5.32 Å². The Morgan fingerprint density at radius 3 is 2.25 bits per heavy atom. The topological polar surface area (TPSA) is 64.4 Å². The highest BCUT2D eigenvalue weighted by Gasteiger charge is 2.31. The van der Waals surface area contributed by atoms with Gasteiger partial charge in [0.2, 0.25) is 5.91 Å². The maximum absolute atomic E-state index is 12.0. The number of ether oxygens (including phenoxy) is 1. The van der Waals surface area contributed by atoms with Crippen molar-refractivity contribution < 1.29 is 22.7 Å². The molecule has 0 aromatic heterocycles. The molecule has 3 N–H and O–H groups in total. The number of nitrogens with two attached hydrogens (primary N) is 1. The van der Waals surface area contributed by atoms with Crippen molar-refractivity contribution >= 4 is 5.91 Å². The first-order valence-electron chi connectivity index (χ1n) is 5.97. The Bertz CT molecular complexity index is 456. The van der Waals surface area contributed by atoms with E-state index >= 15 is 0 Å². The van der Waals surface area contributed by atoms with Gasteiger partial charge < -0.3 is 15.8 Å². The van der Waals surface area contributed by atoms with Gasteiger partial charge in [0, 0.05) is 13.1 Å². The molecule has 0 radical (unpaired) electrons. The van der Waals surface area contributed by atoms with Gasteiger partial charge in [-0.3, -0.25) is 4.79 Å².